The second kappa shape index (κ2) is 6.94. The van der Waals surface area contributed by atoms with Crippen molar-refractivity contribution in [2.75, 3.05) is 0 Å². The number of benzene rings is 2. The smallest absolute Gasteiger partial charge is 0.316 e. The highest BCUT2D eigenvalue weighted by Gasteiger charge is 2.10. The highest BCUT2D eigenvalue weighted by molar-refractivity contribution is 6.30. The highest BCUT2D eigenvalue weighted by atomic mass is 35.5. The zero-order valence-corrected chi connectivity index (χ0v) is 14.3. The zero-order chi connectivity index (χ0) is 18.0. The first-order chi connectivity index (χ1) is 12.0. The Bertz CT molecular complexity index is 1070. The number of nitrogens with one attached hydrogen (secondary N) is 2. The fourth-order valence-corrected chi connectivity index (χ4v) is 2.88. The minimum atomic E-state index is -0.703. The summed E-state index contributed by atoms with van der Waals surface area (Å²) < 4.78 is 1.38. The maximum atomic E-state index is 12.3. The minimum Gasteiger partial charge on any atom is -0.348 e. The molecule has 3 aromatic rings. The molecule has 0 fully saturated rings. The van der Waals surface area contributed by atoms with Gasteiger partial charge in [0.1, 0.15) is 0 Å². The maximum Gasteiger partial charge on any atom is 0.316 e. The van der Waals surface area contributed by atoms with Crippen LogP contribution >= 0.6 is 11.6 Å². The third-order valence-electron chi connectivity index (χ3n) is 3.90. The third kappa shape index (κ3) is 3.49. The first-order valence-corrected chi connectivity index (χ1v) is 8.17. The summed E-state index contributed by atoms with van der Waals surface area (Å²) in [6, 6.07) is 12.1. The number of hydrogen-bond acceptors (Lipinski definition) is 3. The van der Waals surface area contributed by atoms with E-state index in [4.69, 9.17) is 11.6 Å². The number of rotatable bonds is 4. The Morgan fingerprint density at radius 1 is 1.20 bits per heavy atom. The summed E-state index contributed by atoms with van der Waals surface area (Å²) >= 11 is 5.92. The molecule has 0 aliphatic carbocycles. The van der Waals surface area contributed by atoms with Crippen molar-refractivity contribution >= 4 is 28.5 Å². The molecule has 7 heteroatoms. The molecule has 0 bridgehead atoms. The van der Waals surface area contributed by atoms with Crippen molar-refractivity contribution in [3.63, 3.8) is 0 Å². The van der Waals surface area contributed by atoms with Gasteiger partial charge in [-0.3, -0.25) is 14.4 Å². The quantitative estimate of drug-likeness (QED) is 0.703. The number of H-pyrrole nitrogens is 1. The van der Waals surface area contributed by atoms with Crippen LogP contribution in [0.3, 0.4) is 0 Å². The van der Waals surface area contributed by atoms with Crippen LogP contribution in [0.4, 0.5) is 0 Å². The van der Waals surface area contributed by atoms with Gasteiger partial charge in [-0.25, -0.2) is 0 Å². The Hall–Kier alpha value is -2.86. The van der Waals surface area contributed by atoms with E-state index >= 15 is 0 Å². The van der Waals surface area contributed by atoms with Crippen LogP contribution < -0.4 is 16.4 Å². The Morgan fingerprint density at radius 3 is 2.72 bits per heavy atom. The Balaban J connectivity index is 1.88. The molecule has 0 spiro atoms. The molecule has 3 rings (SSSR count). The van der Waals surface area contributed by atoms with Crippen LogP contribution in [0.25, 0.3) is 11.0 Å². The number of aromatic amines is 1. The van der Waals surface area contributed by atoms with Crippen molar-refractivity contribution in [3.05, 3.63) is 79.3 Å². The number of hydrogen-bond donors (Lipinski definition) is 2. The molecular weight excluding hydrogens is 342 g/mol. The molecule has 1 amide bonds. The molecule has 6 nitrogen and oxygen atoms in total. The summed E-state index contributed by atoms with van der Waals surface area (Å²) in [6.45, 7) is 2.49. The monoisotopic (exact) mass is 357 g/mol. The van der Waals surface area contributed by atoms with E-state index in [0.717, 1.165) is 5.56 Å². The molecular formula is C18H16ClN3O3. The van der Waals surface area contributed by atoms with Gasteiger partial charge < -0.3 is 14.9 Å². The normalized spacial score (nSPS) is 10.8. The number of nitrogens with zero attached hydrogens (tertiary/aromatic N) is 1. The van der Waals surface area contributed by atoms with Crippen molar-refractivity contribution in [3.8, 4) is 0 Å². The van der Waals surface area contributed by atoms with E-state index in [-0.39, 0.29) is 5.91 Å². The number of aromatic nitrogens is 2. The number of carbonyl (C=O) groups excluding carboxylic acids is 1. The van der Waals surface area contributed by atoms with Crippen molar-refractivity contribution in [2.45, 2.75) is 20.0 Å². The molecule has 25 heavy (non-hydrogen) atoms. The lowest BCUT2D eigenvalue weighted by atomic mass is 10.1. The fourth-order valence-electron chi connectivity index (χ4n) is 2.67. The van der Waals surface area contributed by atoms with E-state index < -0.39 is 11.1 Å². The number of fused-ring (bicyclic) bond motifs is 1. The topological polar surface area (TPSA) is 84.0 Å². The Labute approximate surface area is 148 Å². The van der Waals surface area contributed by atoms with E-state index in [1.54, 1.807) is 37.3 Å². The molecule has 2 N–H and O–H groups in total. The van der Waals surface area contributed by atoms with Gasteiger partial charge in [-0.15, -0.1) is 0 Å². The number of aryl methyl sites for hydroxylation is 1. The molecule has 2 aromatic carbocycles. The van der Waals surface area contributed by atoms with Crippen LogP contribution in [-0.2, 0) is 13.1 Å². The predicted molar refractivity (Wildman–Crippen MR) is 97.1 cm³/mol. The van der Waals surface area contributed by atoms with Gasteiger partial charge >= 0.3 is 11.1 Å². The van der Waals surface area contributed by atoms with Gasteiger partial charge in [0.15, 0.2) is 0 Å². The summed E-state index contributed by atoms with van der Waals surface area (Å²) in [5.41, 5.74) is 1.00. The van der Waals surface area contributed by atoms with Gasteiger partial charge in [0.05, 0.1) is 11.0 Å². The van der Waals surface area contributed by atoms with Crippen LogP contribution in [0.1, 0.15) is 22.8 Å². The molecule has 0 aliphatic rings. The molecule has 0 atom stereocenters. The third-order valence-corrected chi connectivity index (χ3v) is 4.13. The number of halogens is 1. The van der Waals surface area contributed by atoms with E-state index in [1.165, 1.54) is 4.57 Å². The van der Waals surface area contributed by atoms with Gasteiger partial charge in [-0.1, -0.05) is 23.7 Å². The zero-order valence-electron chi connectivity index (χ0n) is 13.5. The predicted octanol–water partition coefficient (Wildman–Crippen LogP) is 2.29. The molecule has 0 saturated heterocycles. The summed E-state index contributed by atoms with van der Waals surface area (Å²) in [4.78, 5) is 38.5. The van der Waals surface area contributed by atoms with Crippen LogP contribution in [-0.4, -0.2) is 15.5 Å². The van der Waals surface area contributed by atoms with Crippen LogP contribution in [0, 0.1) is 0 Å². The summed E-state index contributed by atoms with van der Waals surface area (Å²) in [6.07, 6.45) is 0. The maximum absolute atomic E-state index is 12.3. The van der Waals surface area contributed by atoms with E-state index in [1.807, 2.05) is 12.1 Å². The first-order valence-electron chi connectivity index (χ1n) is 7.79. The van der Waals surface area contributed by atoms with Crippen molar-refractivity contribution < 1.29 is 4.79 Å². The molecule has 1 aromatic heterocycles. The molecule has 0 aliphatic heterocycles. The number of amides is 1. The first kappa shape index (κ1) is 17.0. The average Bonchev–Trinajstić information content (AvgIpc) is 2.60. The van der Waals surface area contributed by atoms with Gasteiger partial charge in [0.25, 0.3) is 5.91 Å². The molecule has 0 radical (unpaired) electrons. The highest BCUT2D eigenvalue weighted by Crippen LogP contribution is 2.13. The Kier molecular flexibility index (Phi) is 4.72. The molecule has 0 saturated carbocycles. The lowest BCUT2D eigenvalue weighted by molar-refractivity contribution is 0.0951. The van der Waals surface area contributed by atoms with Gasteiger partial charge in [0.2, 0.25) is 0 Å². The van der Waals surface area contributed by atoms with Crippen LogP contribution in [0.2, 0.25) is 5.02 Å². The van der Waals surface area contributed by atoms with Crippen LogP contribution in [0.5, 0.6) is 0 Å². The van der Waals surface area contributed by atoms with Crippen molar-refractivity contribution in [2.24, 2.45) is 0 Å². The lowest BCUT2D eigenvalue weighted by Gasteiger charge is -2.09. The standard InChI is InChI=1S/C18H16ClN3O3/c1-2-22-15-7-6-12(9-14(15)21-17(24)18(22)25)16(23)20-10-11-4-3-5-13(19)8-11/h3-9H,2,10H2,1H3,(H,20,23)(H,21,24). The largest absolute Gasteiger partial charge is 0.348 e. The second-order valence-electron chi connectivity index (χ2n) is 5.55. The fraction of sp³-hybridized carbons (Fsp3) is 0.167. The number of carbonyl (C=O) groups is 1. The average molecular weight is 358 g/mol. The van der Waals surface area contributed by atoms with Crippen LogP contribution in [0.15, 0.2) is 52.1 Å². The Morgan fingerprint density at radius 2 is 2.00 bits per heavy atom. The SMILES string of the molecule is CCn1c(=O)c(=O)[nH]c2cc(C(=O)NCc3cccc(Cl)c3)ccc21. The molecule has 1 heterocycles. The summed E-state index contributed by atoms with van der Waals surface area (Å²) in [5, 5.41) is 3.41. The summed E-state index contributed by atoms with van der Waals surface area (Å²) in [7, 11) is 0. The van der Waals surface area contributed by atoms with Crippen molar-refractivity contribution in [1.82, 2.24) is 14.9 Å². The van der Waals surface area contributed by atoms with Gasteiger partial charge in [0, 0.05) is 23.7 Å². The van der Waals surface area contributed by atoms with Crippen molar-refractivity contribution in [1.29, 1.82) is 0 Å². The van der Waals surface area contributed by atoms with Gasteiger partial charge in [-0.2, -0.15) is 0 Å². The summed E-state index contributed by atoms with van der Waals surface area (Å²) in [5.74, 6) is -0.281. The molecule has 128 valence electrons. The second-order valence-corrected chi connectivity index (χ2v) is 5.98. The molecule has 0 unspecified atom stereocenters. The minimum absolute atomic E-state index is 0.281. The lowest BCUT2D eigenvalue weighted by Crippen LogP contribution is -2.36. The van der Waals surface area contributed by atoms with E-state index in [9.17, 15) is 14.4 Å². The van der Waals surface area contributed by atoms with E-state index in [0.29, 0.717) is 34.7 Å². The van der Waals surface area contributed by atoms with E-state index in [2.05, 4.69) is 10.3 Å². The van der Waals surface area contributed by atoms with Gasteiger partial charge in [-0.05, 0) is 42.8 Å².